The van der Waals surface area contributed by atoms with Gasteiger partial charge in [0.1, 0.15) is 5.75 Å². The van der Waals surface area contributed by atoms with Gasteiger partial charge in [-0.05, 0) is 18.2 Å². The fourth-order valence-corrected chi connectivity index (χ4v) is 1.69. The van der Waals surface area contributed by atoms with Crippen LogP contribution >= 0.6 is 11.6 Å². The maximum absolute atomic E-state index is 9.27. The number of hydrogen-bond donors (Lipinski definition) is 1. The van der Waals surface area contributed by atoms with Gasteiger partial charge >= 0.3 is 0 Å². The molecule has 0 amide bonds. The van der Waals surface area contributed by atoms with E-state index in [0.717, 1.165) is 32.0 Å². The van der Waals surface area contributed by atoms with Crippen molar-refractivity contribution in [1.82, 2.24) is 0 Å². The van der Waals surface area contributed by atoms with Gasteiger partial charge in [-0.2, -0.15) is 0 Å². The Morgan fingerprint density at radius 2 is 2.00 bits per heavy atom. The summed E-state index contributed by atoms with van der Waals surface area (Å²) in [6.45, 7) is 3.25. The molecule has 1 saturated heterocycles. The quantitative estimate of drug-likeness (QED) is 0.773. The number of aromatic hydroxyl groups is 1. The van der Waals surface area contributed by atoms with Crippen molar-refractivity contribution in [2.75, 3.05) is 31.2 Å². The Morgan fingerprint density at radius 3 is 2.64 bits per heavy atom. The van der Waals surface area contributed by atoms with Crippen LogP contribution in [0.2, 0.25) is 5.02 Å². The number of phenols is 1. The van der Waals surface area contributed by atoms with Gasteiger partial charge in [0.2, 0.25) is 0 Å². The van der Waals surface area contributed by atoms with Gasteiger partial charge in [-0.3, -0.25) is 0 Å². The molecular formula is C10H12ClNO2. The van der Waals surface area contributed by atoms with Crippen molar-refractivity contribution in [2.45, 2.75) is 0 Å². The molecule has 1 N–H and O–H groups in total. The minimum absolute atomic E-state index is 0.128. The molecule has 0 aliphatic carbocycles. The molecule has 0 bridgehead atoms. The molecule has 76 valence electrons. The number of rotatable bonds is 1. The van der Waals surface area contributed by atoms with Crippen molar-refractivity contribution >= 4 is 17.3 Å². The SMILES string of the molecule is Oc1ccc(N2CCOCC2)cc1Cl. The van der Waals surface area contributed by atoms with Crippen molar-refractivity contribution in [3.05, 3.63) is 23.2 Å². The lowest BCUT2D eigenvalue weighted by molar-refractivity contribution is 0.122. The van der Waals surface area contributed by atoms with Crippen LogP contribution in [0.5, 0.6) is 5.75 Å². The number of morpholine rings is 1. The van der Waals surface area contributed by atoms with Gasteiger partial charge in [0.15, 0.2) is 0 Å². The van der Waals surface area contributed by atoms with Crippen molar-refractivity contribution < 1.29 is 9.84 Å². The van der Waals surface area contributed by atoms with Gasteiger partial charge < -0.3 is 14.7 Å². The Kier molecular flexibility index (Phi) is 2.79. The van der Waals surface area contributed by atoms with E-state index in [1.807, 2.05) is 6.07 Å². The summed E-state index contributed by atoms with van der Waals surface area (Å²) >= 11 is 5.83. The van der Waals surface area contributed by atoms with Crippen LogP contribution < -0.4 is 4.90 Å². The van der Waals surface area contributed by atoms with Crippen LogP contribution in [0.3, 0.4) is 0 Å². The molecule has 1 aliphatic rings. The maximum atomic E-state index is 9.27. The highest BCUT2D eigenvalue weighted by molar-refractivity contribution is 6.32. The number of ether oxygens (including phenoxy) is 1. The zero-order chi connectivity index (χ0) is 9.97. The van der Waals surface area contributed by atoms with Crippen molar-refractivity contribution in [1.29, 1.82) is 0 Å². The molecule has 2 rings (SSSR count). The number of halogens is 1. The van der Waals surface area contributed by atoms with E-state index in [1.165, 1.54) is 0 Å². The molecule has 1 fully saturated rings. The summed E-state index contributed by atoms with van der Waals surface area (Å²) in [5.74, 6) is 0.128. The molecular weight excluding hydrogens is 202 g/mol. The standard InChI is InChI=1S/C10H12ClNO2/c11-9-7-8(1-2-10(9)13)12-3-5-14-6-4-12/h1-2,7,13H,3-6H2. The van der Waals surface area contributed by atoms with Gasteiger partial charge in [0.05, 0.1) is 18.2 Å². The van der Waals surface area contributed by atoms with Gasteiger partial charge in [0.25, 0.3) is 0 Å². The molecule has 0 radical (unpaired) electrons. The Bertz CT molecular complexity index is 324. The molecule has 3 nitrogen and oxygen atoms in total. The van der Waals surface area contributed by atoms with Gasteiger partial charge in [0, 0.05) is 18.8 Å². The Labute approximate surface area is 87.9 Å². The first-order valence-corrected chi connectivity index (χ1v) is 4.96. The lowest BCUT2D eigenvalue weighted by atomic mass is 10.2. The smallest absolute Gasteiger partial charge is 0.134 e. The summed E-state index contributed by atoms with van der Waals surface area (Å²) in [4.78, 5) is 2.19. The van der Waals surface area contributed by atoms with E-state index in [-0.39, 0.29) is 5.75 Å². The molecule has 1 aromatic rings. The van der Waals surface area contributed by atoms with E-state index in [0.29, 0.717) is 5.02 Å². The zero-order valence-corrected chi connectivity index (χ0v) is 8.50. The predicted octanol–water partition coefficient (Wildman–Crippen LogP) is 1.88. The molecule has 4 heteroatoms. The van der Waals surface area contributed by atoms with E-state index < -0.39 is 0 Å². The van der Waals surface area contributed by atoms with Crippen LogP contribution in [0.4, 0.5) is 5.69 Å². The van der Waals surface area contributed by atoms with Crippen molar-refractivity contribution in [3.8, 4) is 5.75 Å². The number of benzene rings is 1. The number of nitrogens with zero attached hydrogens (tertiary/aromatic N) is 1. The second kappa shape index (κ2) is 4.07. The molecule has 1 aromatic carbocycles. The average molecular weight is 214 g/mol. The Morgan fingerprint density at radius 1 is 1.29 bits per heavy atom. The summed E-state index contributed by atoms with van der Waals surface area (Å²) < 4.78 is 5.25. The number of hydrogen-bond acceptors (Lipinski definition) is 3. The predicted molar refractivity (Wildman–Crippen MR) is 56.1 cm³/mol. The van der Waals surface area contributed by atoms with Crippen LogP contribution in [0.25, 0.3) is 0 Å². The summed E-state index contributed by atoms with van der Waals surface area (Å²) in [7, 11) is 0. The molecule has 1 aliphatic heterocycles. The molecule has 1 heterocycles. The summed E-state index contributed by atoms with van der Waals surface area (Å²) in [6.07, 6.45) is 0. The van der Waals surface area contributed by atoms with Crippen LogP contribution in [0.1, 0.15) is 0 Å². The first-order chi connectivity index (χ1) is 6.77. The third kappa shape index (κ3) is 1.94. The third-order valence-corrected chi connectivity index (χ3v) is 2.61. The molecule has 0 saturated carbocycles. The second-order valence-corrected chi connectivity index (χ2v) is 3.64. The lowest BCUT2D eigenvalue weighted by Crippen LogP contribution is -2.36. The molecule has 0 atom stereocenters. The Balaban J connectivity index is 2.18. The fourth-order valence-electron chi connectivity index (χ4n) is 1.51. The highest BCUT2D eigenvalue weighted by Gasteiger charge is 2.11. The topological polar surface area (TPSA) is 32.7 Å². The van der Waals surface area contributed by atoms with Crippen LogP contribution in [-0.4, -0.2) is 31.4 Å². The highest BCUT2D eigenvalue weighted by Crippen LogP contribution is 2.28. The first-order valence-electron chi connectivity index (χ1n) is 4.58. The fraction of sp³-hybridized carbons (Fsp3) is 0.400. The van der Waals surface area contributed by atoms with Crippen LogP contribution in [0, 0.1) is 0 Å². The van der Waals surface area contributed by atoms with E-state index in [9.17, 15) is 5.11 Å². The van der Waals surface area contributed by atoms with E-state index >= 15 is 0 Å². The summed E-state index contributed by atoms with van der Waals surface area (Å²) in [5, 5.41) is 9.66. The molecule has 0 aromatic heterocycles. The third-order valence-electron chi connectivity index (χ3n) is 2.31. The second-order valence-electron chi connectivity index (χ2n) is 3.24. The summed E-state index contributed by atoms with van der Waals surface area (Å²) in [6, 6.07) is 5.27. The normalized spacial score (nSPS) is 17.1. The average Bonchev–Trinajstić information content (AvgIpc) is 2.23. The van der Waals surface area contributed by atoms with E-state index in [2.05, 4.69) is 4.90 Å². The largest absolute Gasteiger partial charge is 0.506 e. The van der Waals surface area contributed by atoms with Gasteiger partial charge in [-0.15, -0.1) is 0 Å². The van der Waals surface area contributed by atoms with Crippen LogP contribution in [0.15, 0.2) is 18.2 Å². The highest BCUT2D eigenvalue weighted by atomic mass is 35.5. The van der Waals surface area contributed by atoms with Gasteiger partial charge in [-0.1, -0.05) is 11.6 Å². The van der Waals surface area contributed by atoms with Crippen molar-refractivity contribution in [2.24, 2.45) is 0 Å². The maximum Gasteiger partial charge on any atom is 0.134 e. The number of anilines is 1. The molecule has 0 unspecified atom stereocenters. The molecule has 14 heavy (non-hydrogen) atoms. The van der Waals surface area contributed by atoms with Crippen LogP contribution in [-0.2, 0) is 4.74 Å². The minimum atomic E-state index is 0.128. The monoisotopic (exact) mass is 213 g/mol. The number of phenolic OH excluding ortho intramolecular Hbond substituents is 1. The lowest BCUT2D eigenvalue weighted by Gasteiger charge is -2.28. The van der Waals surface area contributed by atoms with Gasteiger partial charge in [-0.25, -0.2) is 0 Å². The molecule has 0 spiro atoms. The zero-order valence-electron chi connectivity index (χ0n) is 7.74. The summed E-state index contributed by atoms with van der Waals surface area (Å²) in [5.41, 5.74) is 1.04. The minimum Gasteiger partial charge on any atom is -0.506 e. The van der Waals surface area contributed by atoms with E-state index in [4.69, 9.17) is 16.3 Å². The first kappa shape index (κ1) is 9.62. The van der Waals surface area contributed by atoms with E-state index in [1.54, 1.807) is 12.1 Å². The Hall–Kier alpha value is -0.930. The van der Waals surface area contributed by atoms with Crippen molar-refractivity contribution in [3.63, 3.8) is 0 Å².